The van der Waals surface area contributed by atoms with E-state index >= 15 is 0 Å². The number of carboxylic acid groups (broad SMARTS) is 1. The first-order chi connectivity index (χ1) is 22.3. The number of ketones is 1. The number of aliphatic carboxylic acids is 1. The molecule has 264 valence electrons. The summed E-state index contributed by atoms with van der Waals surface area (Å²) in [4.78, 5) is 26.0. The lowest BCUT2D eigenvalue weighted by molar-refractivity contribution is -0.192. The van der Waals surface area contributed by atoms with Crippen LogP contribution in [-0.2, 0) is 16.0 Å². The summed E-state index contributed by atoms with van der Waals surface area (Å²) in [7, 11) is 0. The summed E-state index contributed by atoms with van der Waals surface area (Å²) in [6.45, 7) is 19.4. The molecular formula is C40H56O8. The molecule has 0 spiro atoms. The predicted octanol–water partition coefficient (Wildman–Crippen LogP) is 8.53. The third-order valence-electron chi connectivity index (χ3n) is 10.4. The zero-order chi connectivity index (χ0) is 35.8. The molecule has 0 saturated carbocycles. The number of ether oxygens (including phenoxy) is 3. The Bertz CT molecular complexity index is 1540. The molecule has 3 N–H and O–H groups in total. The van der Waals surface area contributed by atoms with Gasteiger partial charge in [0.15, 0.2) is 5.78 Å². The van der Waals surface area contributed by atoms with Crippen molar-refractivity contribution in [2.45, 2.75) is 143 Å². The van der Waals surface area contributed by atoms with Crippen molar-refractivity contribution in [2.75, 3.05) is 0 Å². The Labute approximate surface area is 286 Å². The van der Waals surface area contributed by atoms with Crippen LogP contribution in [0.25, 0.3) is 6.08 Å². The average molecular weight is 665 g/mol. The highest BCUT2D eigenvalue weighted by Gasteiger charge is 2.53. The normalized spacial score (nSPS) is 29.5. The van der Waals surface area contributed by atoms with Gasteiger partial charge in [0.1, 0.15) is 34.5 Å². The van der Waals surface area contributed by atoms with Crippen molar-refractivity contribution in [1.29, 1.82) is 0 Å². The topological polar surface area (TPSA) is 123 Å². The molecule has 3 aliphatic heterocycles. The minimum atomic E-state index is -1.05. The Morgan fingerprint density at radius 2 is 1.67 bits per heavy atom. The van der Waals surface area contributed by atoms with Crippen LogP contribution in [0.3, 0.4) is 0 Å². The van der Waals surface area contributed by atoms with Gasteiger partial charge in [0.2, 0.25) is 0 Å². The number of phenolic OH excluding ortho intramolecular Hbond substituents is 1. The van der Waals surface area contributed by atoms with Crippen LogP contribution in [0.4, 0.5) is 0 Å². The van der Waals surface area contributed by atoms with Crippen LogP contribution in [0.1, 0.15) is 129 Å². The van der Waals surface area contributed by atoms with Gasteiger partial charge in [0, 0.05) is 17.1 Å². The largest absolute Gasteiger partial charge is 0.506 e. The number of benzene rings is 1. The standard InChI is InChI=1S/C40H56O8/c1-11-26-32(42)31-33(43)27-19-21-39(9,20-12-13-23(2)3)47-34(27)28(15-14-24(4)5)36(31)46-35(26)29-16-17-30(41)40(10,48-38(29,7)8)22-18-25(6)37(44)45/h13-14,18-19,21,26,29-30,35,41,43H,11-12,15-17,20,22H2,1-10H3,(H,44,45)/b25-18-. The van der Waals surface area contributed by atoms with Crippen molar-refractivity contribution >= 4 is 17.8 Å². The summed E-state index contributed by atoms with van der Waals surface area (Å²) < 4.78 is 20.5. The first-order valence-corrected chi connectivity index (χ1v) is 17.4. The van der Waals surface area contributed by atoms with E-state index in [1.54, 1.807) is 6.08 Å². The summed E-state index contributed by atoms with van der Waals surface area (Å²) in [5, 5.41) is 32.5. The lowest BCUT2D eigenvalue weighted by atomic mass is 9.73. The second-order valence-corrected chi connectivity index (χ2v) is 15.4. The van der Waals surface area contributed by atoms with E-state index in [4.69, 9.17) is 14.2 Å². The number of aliphatic hydroxyl groups is 1. The number of phenols is 1. The van der Waals surface area contributed by atoms with Gasteiger partial charge < -0.3 is 29.5 Å². The van der Waals surface area contributed by atoms with Crippen LogP contribution >= 0.6 is 0 Å². The smallest absolute Gasteiger partial charge is 0.330 e. The van der Waals surface area contributed by atoms with Gasteiger partial charge in [-0.25, -0.2) is 4.79 Å². The van der Waals surface area contributed by atoms with E-state index in [1.165, 1.54) is 12.5 Å². The van der Waals surface area contributed by atoms with E-state index < -0.39 is 40.9 Å². The van der Waals surface area contributed by atoms with Crippen LogP contribution in [0.5, 0.6) is 17.2 Å². The minimum absolute atomic E-state index is 0.120. The lowest BCUT2D eigenvalue weighted by Crippen LogP contribution is -2.53. The van der Waals surface area contributed by atoms with Crippen LogP contribution in [0, 0.1) is 11.8 Å². The number of carbonyl (C=O) groups excluding carboxylic acids is 1. The number of hydrogen-bond donors (Lipinski definition) is 3. The number of aliphatic hydroxyl groups excluding tert-OH is 1. The Morgan fingerprint density at radius 3 is 2.27 bits per heavy atom. The molecule has 3 heterocycles. The number of carbonyl (C=O) groups is 2. The number of hydrogen-bond acceptors (Lipinski definition) is 7. The number of aromatic hydroxyl groups is 1. The monoisotopic (exact) mass is 664 g/mol. The van der Waals surface area contributed by atoms with E-state index in [0.717, 1.165) is 24.0 Å². The molecule has 0 amide bonds. The molecule has 3 aliphatic rings. The zero-order valence-electron chi connectivity index (χ0n) is 30.5. The molecular weight excluding hydrogens is 608 g/mol. The molecule has 6 atom stereocenters. The minimum Gasteiger partial charge on any atom is -0.506 e. The Hall–Kier alpha value is -3.36. The molecule has 48 heavy (non-hydrogen) atoms. The summed E-state index contributed by atoms with van der Waals surface area (Å²) in [5.41, 5.74) is 1.44. The number of fused-ring (bicyclic) bond motifs is 2. The third kappa shape index (κ3) is 7.60. The van der Waals surface area contributed by atoms with Crippen LogP contribution < -0.4 is 9.47 Å². The second-order valence-electron chi connectivity index (χ2n) is 15.4. The van der Waals surface area contributed by atoms with Gasteiger partial charge in [-0.3, -0.25) is 4.79 Å². The maximum absolute atomic E-state index is 14.5. The Kier molecular flexibility index (Phi) is 11.1. The highest BCUT2D eigenvalue weighted by molar-refractivity contribution is 6.06. The van der Waals surface area contributed by atoms with Crippen molar-refractivity contribution in [3.63, 3.8) is 0 Å². The molecule has 0 aromatic heterocycles. The van der Waals surface area contributed by atoms with Gasteiger partial charge >= 0.3 is 5.97 Å². The van der Waals surface area contributed by atoms with Gasteiger partial charge in [0.05, 0.1) is 28.8 Å². The fourth-order valence-electron chi connectivity index (χ4n) is 7.45. The van der Waals surface area contributed by atoms with Crippen molar-refractivity contribution < 1.29 is 39.1 Å². The van der Waals surface area contributed by atoms with Gasteiger partial charge in [-0.2, -0.15) is 0 Å². The van der Waals surface area contributed by atoms with Gasteiger partial charge in [-0.15, -0.1) is 0 Å². The highest BCUT2D eigenvalue weighted by atomic mass is 16.5. The number of carboxylic acids is 1. The molecule has 1 saturated heterocycles. The highest BCUT2D eigenvalue weighted by Crippen LogP contribution is 2.54. The molecule has 0 aliphatic carbocycles. The molecule has 8 heteroatoms. The van der Waals surface area contributed by atoms with Crippen molar-refractivity contribution in [2.24, 2.45) is 11.8 Å². The molecule has 1 fully saturated rings. The van der Waals surface area contributed by atoms with E-state index in [2.05, 4.69) is 26.0 Å². The van der Waals surface area contributed by atoms with Gasteiger partial charge in [-0.1, -0.05) is 36.3 Å². The summed E-state index contributed by atoms with van der Waals surface area (Å²) in [6, 6.07) is 0. The quantitative estimate of drug-likeness (QED) is 0.168. The van der Waals surface area contributed by atoms with E-state index in [-0.39, 0.29) is 35.0 Å². The molecule has 4 rings (SSSR count). The SMILES string of the molecule is CCC1C(=O)c2c(O)c3c(c(CC=C(C)C)c2OC1C1CCC(O)C(C)(C/C=C(/C)C(=O)O)OC1(C)C)OC(C)(CCC=C(C)C)C=C3. The van der Waals surface area contributed by atoms with E-state index in [1.807, 2.05) is 60.6 Å². The summed E-state index contributed by atoms with van der Waals surface area (Å²) >= 11 is 0. The van der Waals surface area contributed by atoms with Crippen molar-refractivity contribution in [3.8, 4) is 17.2 Å². The van der Waals surface area contributed by atoms with Crippen LogP contribution in [0.2, 0.25) is 0 Å². The predicted molar refractivity (Wildman–Crippen MR) is 189 cm³/mol. The fourth-order valence-corrected chi connectivity index (χ4v) is 7.45. The third-order valence-corrected chi connectivity index (χ3v) is 10.4. The van der Waals surface area contributed by atoms with Gasteiger partial charge in [-0.05, 0) is 119 Å². The molecule has 6 unspecified atom stereocenters. The Balaban J connectivity index is 1.81. The fraction of sp³-hybridized carbons (Fsp3) is 0.600. The van der Waals surface area contributed by atoms with E-state index in [9.17, 15) is 24.9 Å². The van der Waals surface area contributed by atoms with Crippen molar-refractivity contribution in [1.82, 2.24) is 0 Å². The number of Topliss-reactive ketones (excluding diaryl/α,β-unsaturated/α-hetero) is 1. The maximum atomic E-state index is 14.5. The average Bonchev–Trinajstić information content (AvgIpc) is 3.07. The van der Waals surface area contributed by atoms with Crippen LogP contribution in [0.15, 0.2) is 41.0 Å². The first-order valence-electron chi connectivity index (χ1n) is 17.4. The molecule has 0 bridgehead atoms. The number of rotatable bonds is 10. The molecule has 1 aromatic rings. The van der Waals surface area contributed by atoms with Crippen LogP contribution in [-0.4, -0.2) is 56.1 Å². The maximum Gasteiger partial charge on any atom is 0.330 e. The summed E-state index contributed by atoms with van der Waals surface area (Å²) in [6.07, 6.45) is 11.9. The zero-order valence-corrected chi connectivity index (χ0v) is 30.5. The second kappa shape index (κ2) is 14.2. The van der Waals surface area contributed by atoms with E-state index in [0.29, 0.717) is 42.7 Å². The molecule has 0 radical (unpaired) electrons. The molecule has 8 nitrogen and oxygen atoms in total. The van der Waals surface area contributed by atoms with Gasteiger partial charge in [0.25, 0.3) is 0 Å². The number of allylic oxidation sites excluding steroid dienone is 4. The Morgan fingerprint density at radius 1 is 1.00 bits per heavy atom. The molecule has 1 aromatic carbocycles. The van der Waals surface area contributed by atoms with Crippen molar-refractivity contribution in [3.05, 3.63) is 57.7 Å². The first kappa shape index (κ1) is 37.5. The summed E-state index contributed by atoms with van der Waals surface area (Å²) in [5.74, 6) is -1.27. The lowest BCUT2D eigenvalue weighted by Gasteiger charge is -2.46.